The zero-order valence-corrected chi connectivity index (χ0v) is 13.7. The fourth-order valence-corrected chi connectivity index (χ4v) is 4.56. The minimum Gasteiger partial charge on any atom is -0.311 e. The predicted octanol–water partition coefficient (Wildman–Crippen LogP) is 5.15. The van der Waals surface area contributed by atoms with Crippen LogP contribution in [0.1, 0.15) is 85.5 Å². The third kappa shape index (κ3) is 3.97. The van der Waals surface area contributed by atoms with E-state index in [1.807, 2.05) is 0 Å². The molecule has 0 radical (unpaired) electrons. The van der Waals surface area contributed by atoms with Gasteiger partial charge in [-0.2, -0.15) is 0 Å². The number of nitrogens with one attached hydrogen (secondary N) is 1. The van der Waals surface area contributed by atoms with Gasteiger partial charge in [-0.1, -0.05) is 59.8 Å². The summed E-state index contributed by atoms with van der Waals surface area (Å²) in [7, 11) is 0. The summed E-state index contributed by atoms with van der Waals surface area (Å²) in [6.45, 7) is 9.70. The molecule has 2 aliphatic carbocycles. The minimum atomic E-state index is 0.467. The van der Waals surface area contributed by atoms with Crippen molar-refractivity contribution in [3.05, 3.63) is 0 Å². The zero-order valence-electron chi connectivity index (χ0n) is 13.7. The maximum Gasteiger partial charge on any atom is 0.0103 e. The summed E-state index contributed by atoms with van der Waals surface area (Å²) in [6.07, 6.45) is 12.9. The van der Waals surface area contributed by atoms with Crippen LogP contribution >= 0.6 is 0 Å². The van der Waals surface area contributed by atoms with Crippen LogP contribution < -0.4 is 5.32 Å². The van der Waals surface area contributed by atoms with E-state index >= 15 is 0 Å². The van der Waals surface area contributed by atoms with Crippen LogP contribution in [0.5, 0.6) is 0 Å². The second-order valence-electron chi connectivity index (χ2n) is 8.09. The van der Waals surface area contributed by atoms with Gasteiger partial charge in [0.1, 0.15) is 0 Å². The van der Waals surface area contributed by atoms with E-state index in [2.05, 4.69) is 33.0 Å². The van der Waals surface area contributed by atoms with E-state index in [4.69, 9.17) is 0 Å². The van der Waals surface area contributed by atoms with Gasteiger partial charge in [0.15, 0.2) is 0 Å². The van der Waals surface area contributed by atoms with Crippen LogP contribution in [0, 0.1) is 17.3 Å². The van der Waals surface area contributed by atoms with E-state index < -0.39 is 0 Å². The molecule has 0 heterocycles. The molecule has 0 spiro atoms. The highest BCUT2D eigenvalue weighted by Gasteiger charge is 2.36. The third-order valence-corrected chi connectivity index (χ3v) is 5.74. The van der Waals surface area contributed by atoms with Crippen molar-refractivity contribution in [2.24, 2.45) is 17.3 Å². The first-order chi connectivity index (χ1) is 9.02. The van der Waals surface area contributed by atoms with Crippen LogP contribution in [0.2, 0.25) is 0 Å². The SMILES string of the molecule is CCC1CCCCC1NC1CCCCC1C(C)(C)C. The summed E-state index contributed by atoms with van der Waals surface area (Å²) in [5.74, 6) is 1.82. The Morgan fingerprint density at radius 3 is 2.05 bits per heavy atom. The highest BCUT2D eigenvalue weighted by Crippen LogP contribution is 2.39. The Balaban J connectivity index is 1.98. The zero-order chi connectivity index (χ0) is 13.9. The van der Waals surface area contributed by atoms with Crippen LogP contribution in [-0.4, -0.2) is 12.1 Å². The predicted molar refractivity (Wildman–Crippen MR) is 84.4 cm³/mol. The second kappa shape index (κ2) is 6.61. The Morgan fingerprint density at radius 2 is 1.42 bits per heavy atom. The van der Waals surface area contributed by atoms with Crippen LogP contribution in [0.25, 0.3) is 0 Å². The fraction of sp³-hybridized carbons (Fsp3) is 1.00. The van der Waals surface area contributed by atoms with Crippen molar-refractivity contribution < 1.29 is 0 Å². The monoisotopic (exact) mass is 265 g/mol. The molecule has 0 saturated heterocycles. The van der Waals surface area contributed by atoms with E-state index in [0.717, 1.165) is 23.9 Å². The molecule has 2 rings (SSSR count). The van der Waals surface area contributed by atoms with Crippen molar-refractivity contribution in [2.45, 2.75) is 97.6 Å². The molecule has 0 aromatic heterocycles. The summed E-state index contributed by atoms with van der Waals surface area (Å²) in [5.41, 5.74) is 0.467. The molecule has 1 nitrogen and oxygen atoms in total. The van der Waals surface area contributed by atoms with Crippen molar-refractivity contribution in [3.63, 3.8) is 0 Å². The molecule has 2 saturated carbocycles. The molecule has 0 bridgehead atoms. The number of hydrogen-bond donors (Lipinski definition) is 1. The van der Waals surface area contributed by atoms with E-state index in [-0.39, 0.29) is 0 Å². The highest BCUT2D eigenvalue weighted by atomic mass is 15.0. The molecular weight excluding hydrogens is 230 g/mol. The van der Waals surface area contributed by atoms with Crippen LogP contribution in [0.3, 0.4) is 0 Å². The average Bonchev–Trinajstić information content (AvgIpc) is 2.39. The maximum atomic E-state index is 4.12. The van der Waals surface area contributed by atoms with Gasteiger partial charge >= 0.3 is 0 Å². The van der Waals surface area contributed by atoms with Crippen molar-refractivity contribution in [1.82, 2.24) is 5.32 Å². The van der Waals surface area contributed by atoms with Crippen molar-refractivity contribution in [2.75, 3.05) is 0 Å². The number of rotatable bonds is 3. The Labute approximate surface area is 120 Å². The molecule has 2 fully saturated rings. The van der Waals surface area contributed by atoms with Crippen LogP contribution in [0.4, 0.5) is 0 Å². The first-order valence-corrected chi connectivity index (χ1v) is 8.78. The number of hydrogen-bond acceptors (Lipinski definition) is 1. The Kier molecular flexibility index (Phi) is 5.34. The molecule has 1 N–H and O–H groups in total. The molecule has 0 aromatic carbocycles. The van der Waals surface area contributed by atoms with Crippen molar-refractivity contribution in [3.8, 4) is 0 Å². The Morgan fingerprint density at radius 1 is 0.842 bits per heavy atom. The molecular formula is C18H35N. The van der Waals surface area contributed by atoms with E-state index in [9.17, 15) is 0 Å². The van der Waals surface area contributed by atoms with Gasteiger partial charge in [0.2, 0.25) is 0 Å². The summed E-state index contributed by atoms with van der Waals surface area (Å²) < 4.78 is 0. The fourth-order valence-electron chi connectivity index (χ4n) is 4.56. The molecule has 19 heavy (non-hydrogen) atoms. The Bertz CT molecular complexity index is 265. The highest BCUT2D eigenvalue weighted by molar-refractivity contribution is 4.92. The summed E-state index contributed by atoms with van der Waals surface area (Å²) in [6, 6.07) is 1.59. The lowest BCUT2D eigenvalue weighted by Crippen LogP contribution is -2.51. The van der Waals surface area contributed by atoms with Gasteiger partial charge in [0.05, 0.1) is 0 Å². The van der Waals surface area contributed by atoms with Gasteiger partial charge in [-0.3, -0.25) is 0 Å². The second-order valence-corrected chi connectivity index (χ2v) is 8.09. The first kappa shape index (κ1) is 15.4. The average molecular weight is 265 g/mol. The van der Waals surface area contributed by atoms with Crippen molar-refractivity contribution >= 4 is 0 Å². The van der Waals surface area contributed by atoms with Gasteiger partial charge in [0, 0.05) is 12.1 Å². The van der Waals surface area contributed by atoms with Gasteiger partial charge in [-0.25, -0.2) is 0 Å². The van der Waals surface area contributed by atoms with Gasteiger partial charge < -0.3 is 5.32 Å². The lowest BCUT2D eigenvalue weighted by molar-refractivity contribution is 0.105. The standard InChI is InChI=1S/C18H35N/c1-5-14-10-6-8-12-16(14)19-17-13-9-7-11-15(17)18(2,3)4/h14-17,19H,5-13H2,1-4H3. The maximum absolute atomic E-state index is 4.12. The van der Waals surface area contributed by atoms with Crippen LogP contribution in [-0.2, 0) is 0 Å². The van der Waals surface area contributed by atoms with Crippen LogP contribution in [0.15, 0.2) is 0 Å². The van der Waals surface area contributed by atoms with Crippen molar-refractivity contribution in [1.29, 1.82) is 0 Å². The van der Waals surface area contributed by atoms with Gasteiger partial charge in [-0.05, 0) is 42.9 Å². The first-order valence-electron chi connectivity index (χ1n) is 8.78. The summed E-state index contributed by atoms with van der Waals surface area (Å²) in [4.78, 5) is 0. The van der Waals surface area contributed by atoms with E-state index in [1.165, 1.54) is 57.8 Å². The van der Waals surface area contributed by atoms with E-state index in [1.54, 1.807) is 0 Å². The molecule has 4 atom stereocenters. The minimum absolute atomic E-state index is 0.467. The molecule has 0 aromatic rings. The molecule has 4 unspecified atom stereocenters. The lowest BCUT2D eigenvalue weighted by Gasteiger charge is -2.44. The molecule has 0 aliphatic heterocycles. The summed E-state index contributed by atoms with van der Waals surface area (Å²) >= 11 is 0. The normalized spacial score (nSPS) is 37.3. The lowest BCUT2D eigenvalue weighted by atomic mass is 9.69. The molecule has 0 amide bonds. The third-order valence-electron chi connectivity index (χ3n) is 5.74. The molecule has 1 heteroatoms. The Hall–Kier alpha value is -0.0400. The van der Waals surface area contributed by atoms with Gasteiger partial charge in [-0.15, -0.1) is 0 Å². The smallest absolute Gasteiger partial charge is 0.0103 e. The molecule has 2 aliphatic rings. The summed E-state index contributed by atoms with van der Waals surface area (Å²) in [5, 5.41) is 4.12. The quantitative estimate of drug-likeness (QED) is 0.744. The molecule has 112 valence electrons. The van der Waals surface area contributed by atoms with Gasteiger partial charge in [0.25, 0.3) is 0 Å². The largest absolute Gasteiger partial charge is 0.311 e. The van der Waals surface area contributed by atoms with E-state index in [0.29, 0.717) is 5.41 Å². The topological polar surface area (TPSA) is 12.0 Å².